The lowest BCUT2D eigenvalue weighted by molar-refractivity contribution is -0.0670. The molecule has 0 saturated heterocycles. The molecule has 5 nitrogen and oxygen atoms in total. The average Bonchev–Trinajstić information content (AvgIpc) is 2.32. The molecule has 0 radical (unpaired) electrons. The molecule has 0 heterocycles. The number of imide groups is 1. The number of halogens is 2. The summed E-state index contributed by atoms with van der Waals surface area (Å²) in [6.45, 7) is 10.7. The number of benzene rings is 1. The van der Waals surface area contributed by atoms with Gasteiger partial charge in [0.1, 0.15) is 5.82 Å². The topological polar surface area (TPSA) is 77.8 Å². The Morgan fingerprint density at radius 1 is 1.00 bits per heavy atom. The van der Waals surface area contributed by atoms with Crippen molar-refractivity contribution in [2.24, 2.45) is 10.8 Å². The number of carbonyl (C=O) groups is 2. The van der Waals surface area contributed by atoms with Crippen molar-refractivity contribution in [2.75, 3.05) is 0 Å². The van der Waals surface area contributed by atoms with Crippen LogP contribution < -0.4 is 0 Å². The van der Waals surface area contributed by atoms with E-state index in [1.807, 2.05) is 22.6 Å². The van der Waals surface area contributed by atoms with Gasteiger partial charge in [-0.3, -0.25) is 0 Å². The third-order valence-electron chi connectivity index (χ3n) is 4.21. The molecule has 0 unspecified atom stereocenters. The van der Waals surface area contributed by atoms with Crippen LogP contribution in [0.15, 0.2) is 18.2 Å². The van der Waals surface area contributed by atoms with Crippen molar-refractivity contribution in [3.8, 4) is 0 Å². The Hall–Kier alpha value is -1.38. The molecule has 0 aliphatic rings. The van der Waals surface area contributed by atoms with Crippen LogP contribution in [0.3, 0.4) is 0 Å². The standard InChI is InChI=1S/C17H23FINO4/c1-15(2,3)17(16(4,5)6,20(13(21)22)14(23)24)11-8-7-10(18)9-12(11)19/h7-9H,1-6H3,(H,21,22)(H,23,24). The predicted octanol–water partition coefficient (Wildman–Crippen LogP) is 5.38. The van der Waals surface area contributed by atoms with Gasteiger partial charge in [0.15, 0.2) is 0 Å². The lowest BCUT2D eigenvalue weighted by Crippen LogP contribution is -2.65. The van der Waals surface area contributed by atoms with Crippen LogP contribution in [0.25, 0.3) is 0 Å². The smallest absolute Gasteiger partial charge is 0.417 e. The lowest BCUT2D eigenvalue weighted by Gasteiger charge is -2.57. The van der Waals surface area contributed by atoms with E-state index in [-0.39, 0.29) is 0 Å². The zero-order chi connectivity index (χ0) is 19.1. The summed E-state index contributed by atoms with van der Waals surface area (Å²) in [7, 11) is 0. The molecule has 0 bridgehead atoms. The first-order chi connectivity index (χ1) is 10.7. The molecule has 0 atom stereocenters. The number of hydrogen-bond acceptors (Lipinski definition) is 2. The van der Waals surface area contributed by atoms with E-state index in [0.29, 0.717) is 14.0 Å². The van der Waals surface area contributed by atoms with Crippen LogP contribution in [0.2, 0.25) is 0 Å². The van der Waals surface area contributed by atoms with Crippen LogP contribution in [0.1, 0.15) is 47.1 Å². The summed E-state index contributed by atoms with van der Waals surface area (Å²) >= 11 is 1.92. The molecule has 0 aromatic heterocycles. The highest BCUT2D eigenvalue weighted by atomic mass is 127. The molecule has 0 spiro atoms. The summed E-state index contributed by atoms with van der Waals surface area (Å²) < 4.78 is 14.1. The number of hydrogen-bond donors (Lipinski definition) is 2. The van der Waals surface area contributed by atoms with Crippen molar-refractivity contribution >= 4 is 34.8 Å². The molecule has 2 N–H and O–H groups in total. The molecule has 1 aromatic rings. The Bertz CT molecular complexity index is 634. The zero-order valence-electron chi connectivity index (χ0n) is 14.6. The highest BCUT2D eigenvalue weighted by molar-refractivity contribution is 14.1. The van der Waals surface area contributed by atoms with Gasteiger partial charge in [-0.2, -0.15) is 0 Å². The van der Waals surface area contributed by atoms with Crippen molar-refractivity contribution in [2.45, 2.75) is 47.1 Å². The Morgan fingerprint density at radius 3 is 1.71 bits per heavy atom. The van der Waals surface area contributed by atoms with Gasteiger partial charge in [0.05, 0.1) is 5.54 Å². The van der Waals surface area contributed by atoms with Gasteiger partial charge in [-0.15, -0.1) is 0 Å². The minimum atomic E-state index is -1.56. The summed E-state index contributed by atoms with van der Waals surface area (Å²) in [4.78, 5) is 24.3. The first kappa shape index (κ1) is 20.7. The number of nitrogens with zero attached hydrogens (tertiary/aromatic N) is 1. The van der Waals surface area contributed by atoms with Gasteiger partial charge in [-0.25, -0.2) is 18.9 Å². The molecule has 134 valence electrons. The molecule has 0 aliphatic heterocycles. The van der Waals surface area contributed by atoms with E-state index < -0.39 is 34.4 Å². The van der Waals surface area contributed by atoms with Crippen molar-refractivity contribution in [3.05, 3.63) is 33.1 Å². The van der Waals surface area contributed by atoms with Crippen molar-refractivity contribution in [3.63, 3.8) is 0 Å². The molecular weight excluding hydrogens is 428 g/mol. The molecule has 0 saturated carbocycles. The van der Waals surface area contributed by atoms with Gasteiger partial charge >= 0.3 is 12.2 Å². The van der Waals surface area contributed by atoms with E-state index in [0.717, 1.165) is 0 Å². The van der Waals surface area contributed by atoms with Crippen LogP contribution in [-0.2, 0) is 5.54 Å². The second-order valence-corrected chi connectivity index (χ2v) is 8.90. The van der Waals surface area contributed by atoms with E-state index in [9.17, 15) is 24.2 Å². The number of rotatable bonds is 2. The normalized spacial score (nSPS) is 12.8. The molecule has 24 heavy (non-hydrogen) atoms. The predicted molar refractivity (Wildman–Crippen MR) is 97.6 cm³/mol. The van der Waals surface area contributed by atoms with Crippen LogP contribution in [0.4, 0.5) is 14.0 Å². The van der Waals surface area contributed by atoms with Crippen LogP contribution >= 0.6 is 22.6 Å². The quantitative estimate of drug-likeness (QED) is 0.593. The molecule has 1 aromatic carbocycles. The Morgan fingerprint density at radius 2 is 1.42 bits per heavy atom. The SMILES string of the molecule is CC(C)(C)C(c1ccc(F)cc1I)(N(C(=O)O)C(=O)O)C(C)(C)C. The maximum atomic E-state index is 13.6. The monoisotopic (exact) mass is 451 g/mol. The van der Waals surface area contributed by atoms with E-state index in [1.165, 1.54) is 18.2 Å². The summed E-state index contributed by atoms with van der Waals surface area (Å²) in [5, 5.41) is 19.4. The van der Waals surface area contributed by atoms with Gasteiger partial charge in [-0.1, -0.05) is 47.6 Å². The summed E-state index contributed by atoms with van der Waals surface area (Å²) in [5.74, 6) is -0.461. The summed E-state index contributed by atoms with van der Waals surface area (Å²) in [5.41, 5.74) is -2.55. The van der Waals surface area contributed by atoms with E-state index in [4.69, 9.17) is 0 Å². The van der Waals surface area contributed by atoms with Crippen LogP contribution in [0.5, 0.6) is 0 Å². The Balaban J connectivity index is 4.07. The number of carboxylic acid groups (broad SMARTS) is 2. The fraction of sp³-hybridized carbons (Fsp3) is 0.529. The third-order valence-corrected chi connectivity index (χ3v) is 5.10. The number of amides is 2. The fourth-order valence-corrected chi connectivity index (χ4v) is 4.74. The van der Waals surface area contributed by atoms with E-state index in [1.54, 1.807) is 41.5 Å². The first-order valence-electron chi connectivity index (χ1n) is 7.39. The van der Waals surface area contributed by atoms with E-state index in [2.05, 4.69) is 0 Å². The lowest BCUT2D eigenvalue weighted by atomic mass is 9.56. The highest BCUT2D eigenvalue weighted by Crippen LogP contribution is 2.56. The second-order valence-electron chi connectivity index (χ2n) is 7.74. The van der Waals surface area contributed by atoms with Crippen LogP contribution in [-0.4, -0.2) is 27.3 Å². The molecule has 0 aliphatic carbocycles. The van der Waals surface area contributed by atoms with Gasteiger partial charge in [0.25, 0.3) is 0 Å². The Kier molecular flexibility index (Phi) is 5.59. The van der Waals surface area contributed by atoms with Crippen LogP contribution in [0, 0.1) is 20.2 Å². The highest BCUT2D eigenvalue weighted by Gasteiger charge is 2.60. The van der Waals surface area contributed by atoms with Gasteiger partial charge in [0, 0.05) is 3.57 Å². The van der Waals surface area contributed by atoms with Gasteiger partial charge in [-0.05, 0) is 51.1 Å². The minimum absolute atomic E-state index is 0.461. The molecule has 7 heteroatoms. The van der Waals surface area contributed by atoms with E-state index >= 15 is 0 Å². The molecular formula is C17H23FINO4. The van der Waals surface area contributed by atoms with Crippen molar-refractivity contribution in [1.29, 1.82) is 0 Å². The van der Waals surface area contributed by atoms with Crippen molar-refractivity contribution in [1.82, 2.24) is 4.90 Å². The molecule has 0 fully saturated rings. The molecule has 1 rings (SSSR count). The summed E-state index contributed by atoms with van der Waals surface area (Å²) in [6.07, 6.45) is -3.13. The summed E-state index contributed by atoms with van der Waals surface area (Å²) in [6, 6.07) is 3.99. The maximum absolute atomic E-state index is 13.6. The first-order valence-corrected chi connectivity index (χ1v) is 8.47. The Labute approximate surface area is 155 Å². The second kappa shape index (κ2) is 6.50. The van der Waals surface area contributed by atoms with Crippen molar-refractivity contribution < 1.29 is 24.2 Å². The average molecular weight is 451 g/mol. The third kappa shape index (κ3) is 3.22. The maximum Gasteiger partial charge on any atom is 0.417 e. The largest absolute Gasteiger partial charge is 0.464 e. The zero-order valence-corrected chi connectivity index (χ0v) is 16.8. The van der Waals surface area contributed by atoms with Gasteiger partial charge in [0.2, 0.25) is 0 Å². The molecule has 2 amide bonds. The fourth-order valence-electron chi connectivity index (χ4n) is 3.88. The minimum Gasteiger partial charge on any atom is -0.464 e. The van der Waals surface area contributed by atoms with Gasteiger partial charge < -0.3 is 10.2 Å².